The van der Waals surface area contributed by atoms with E-state index in [-0.39, 0.29) is 0 Å². The molecule has 2 heterocycles. The molecule has 0 spiro atoms. The molecule has 1 atom stereocenters. The minimum Gasteiger partial charge on any atom is -0.444 e. The van der Waals surface area contributed by atoms with Crippen LogP contribution >= 0.6 is 0 Å². The Bertz CT molecular complexity index is 292. The first-order valence-corrected chi connectivity index (χ1v) is 6.12. The third-order valence-corrected chi connectivity index (χ3v) is 3.66. The van der Waals surface area contributed by atoms with Crippen LogP contribution < -0.4 is 5.32 Å². The van der Waals surface area contributed by atoms with E-state index in [0.29, 0.717) is 12.0 Å². The van der Waals surface area contributed by atoms with Crippen LogP contribution in [-0.2, 0) is 0 Å². The fourth-order valence-electron chi connectivity index (χ4n) is 2.76. The molecule has 1 saturated heterocycles. The molecule has 1 N–H and O–H groups in total. The van der Waals surface area contributed by atoms with Gasteiger partial charge in [0.1, 0.15) is 5.76 Å². The number of aromatic nitrogens is 1. The van der Waals surface area contributed by atoms with E-state index in [1.807, 2.05) is 6.20 Å². The first-order chi connectivity index (χ1) is 7.43. The zero-order chi connectivity index (χ0) is 10.1. The van der Waals surface area contributed by atoms with Crippen LogP contribution in [0.15, 0.2) is 10.6 Å². The van der Waals surface area contributed by atoms with Gasteiger partial charge in [-0.1, -0.05) is 12.8 Å². The minimum atomic E-state index is 0.375. The number of nitrogens with zero attached hydrogens (tertiary/aromatic N) is 1. The number of hydrogen-bond acceptors (Lipinski definition) is 3. The highest BCUT2D eigenvalue weighted by Gasteiger charge is 2.25. The van der Waals surface area contributed by atoms with Crippen LogP contribution in [0.25, 0.3) is 0 Å². The van der Waals surface area contributed by atoms with Crippen molar-refractivity contribution in [1.29, 1.82) is 0 Å². The van der Waals surface area contributed by atoms with Gasteiger partial charge in [0, 0.05) is 5.92 Å². The molecule has 3 rings (SSSR count). The molecule has 0 bridgehead atoms. The lowest BCUT2D eigenvalue weighted by Crippen LogP contribution is -2.12. The highest BCUT2D eigenvalue weighted by atomic mass is 16.4. The van der Waals surface area contributed by atoms with Crippen LogP contribution in [0.4, 0.5) is 0 Å². The molecule has 0 amide bonds. The molecule has 82 valence electrons. The summed E-state index contributed by atoms with van der Waals surface area (Å²) in [5.74, 6) is 2.68. The zero-order valence-electron chi connectivity index (χ0n) is 9.04. The number of hydrogen-bond donors (Lipinski definition) is 1. The van der Waals surface area contributed by atoms with Gasteiger partial charge in [-0.15, -0.1) is 0 Å². The van der Waals surface area contributed by atoms with Gasteiger partial charge in [-0.2, -0.15) is 0 Å². The third-order valence-electron chi connectivity index (χ3n) is 3.66. The molecule has 2 aliphatic rings. The van der Waals surface area contributed by atoms with Crippen molar-refractivity contribution in [3.8, 4) is 0 Å². The van der Waals surface area contributed by atoms with Crippen molar-refractivity contribution in [2.24, 2.45) is 0 Å². The van der Waals surface area contributed by atoms with Crippen LogP contribution in [-0.4, -0.2) is 11.5 Å². The SMILES string of the molecule is c1nc(C2CCCN2)oc1C1CCCC1. The molecule has 1 aliphatic carbocycles. The maximum absolute atomic E-state index is 5.88. The fourth-order valence-corrected chi connectivity index (χ4v) is 2.76. The Hall–Kier alpha value is -0.830. The van der Waals surface area contributed by atoms with Gasteiger partial charge < -0.3 is 9.73 Å². The van der Waals surface area contributed by atoms with Gasteiger partial charge in [-0.05, 0) is 32.2 Å². The number of nitrogens with one attached hydrogen (secondary N) is 1. The van der Waals surface area contributed by atoms with Crippen molar-refractivity contribution in [2.75, 3.05) is 6.54 Å². The average molecular weight is 206 g/mol. The van der Waals surface area contributed by atoms with E-state index in [4.69, 9.17) is 4.42 Å². The summed E-state index contributed by atoms with van der Waals surface area (Å²) in [6.07, 6.45) is 9.63. The molecule has 0 aromatic carbocycles. The topological polar surface area (TPSA) is 38.1 Å². The molecule has 15 heavy (non-hydrogen) atoms. The van der Waals surface area contributed by atoms with E-state index >= 15 is 0 Å². The largest absolute Gasteiger partial charge is 0.444 e. The van der Waals surface area contributed by atoms with Crippen LogP contribution in [0, 0.1) is 0 Å². The van der Waals surface area contributed by atoms with Gasteiger partial charge >= 0.3 is 0 Å². The second kappa shape index (κ2) is 3.97. The van der Waals surface area contributed by atoms with E-state index in [2.05, 4.69) is 10.3 Å². The Balaban J connectivity index is 1.74. The van der Waals surface area contributed by atoms with E-state index in [1.54, 1.807) is 0 Å². The Morgan fingerprint density at radius 2 is 2.07 bits per heavy atom. The Morgan fingerprint density at radius 1 is 1.20 bits per heavy atom. The van der Waals surface area contributed by atoms with Gasteiger partial charge in [0.05, 0.1) is 12.2 Å². The summed E-state index contributed by atoms with van der Waals surface area (Å²) >= 11 is 0. The Morgan fingerprint density at radius 3 is 2.80 bits per heavy atom. The lowest BCUT2D eigenvalue weighted by atomic mass is 10.1. The quantitative estimate of drug-likeness (QED) is 0.808. The zero-order valence-corrected chi connectivity index (χ0v) is 9.04. The van der Waals surface area contributed by atoms with Crippen molar-refractivity contribution >= 4 is 0 Å². The van der Waals surface area contributed by atoms with E-state index in [0.717, 1.165) is 18.2 Å². The summed E-state index contributed by atoms with van der Waals surface area (Å²) in [6, 6.07) is 0.375. The first kappa shape index (κ1) is 9.40. The van der Waals surface area contributed by atoms with Crippen LogP contribution in [0.1, 0.15) is 62.1 Å². The maximum Gasteiger partial charge on any atom is 0.211 e. The molecule has 1 saturated carbocycles. The van der Waals surface area contributed by atoms with Crippen molar-refractivity contribution < 1.29 is 4.42 Å². The third kappa shape index (κ3) is 1.81. The van der Waals surface area contributed by atoms with Crippen LogP contribution in [0.5, 0.6) is 0 Å². The molecule has 3 heteroatoms. The lowest BCUT2D eigenvalue weighted by Gasteiger charge is -2.06. The summed E-state index contributed by atoms with van der Waals surface area (Å²) in [6.45, 7) is 1.10. The molecule has 1 aliphatic heterocycles. The summed E-state index contributed by atoms with van der Waals surface area (Å²) < 4.78 is 5.88. The normalized spacial score (nSPS) is 27.6. The molecule has 1 aromatic heterocycles. The van der Waals surface area contributed by atoms with Gasteiger partial charge in [0.2, 0.25) is 5.89 Å². The maximum atomic E-state index is 5.88. The predicted molar refractivity (Wildman–Crippen MR) is 57.7 cm³/mol. The summed E-state index contributed by atoms with van der Waals surface area (Å²) in [4.78, 5) is 4.41. The molecule has 3 nitrogen and oxygen atoms in total. The smallest absolute Gasteiger partial charge is 0.211 e. The van der Waals surface area contributed by atoms with Crippen LogP contribution in [0.3, 0.4) is 0 Å². The van der Waals surface area contributed by atoms with Gasteiger partial charge in [-0.3, -0.25) is 0 Å². The second-order valence-corrected chi connectivity index (χ2v) is 4.73. The van der Waals surface area contributed by atoms with E-state index in [9.17, 15) is 0 Å². The van der Waals surface area contributed by atoms with Crippen molar-refractivity contribution in [3.05, 3.63) is 17.8 Å². The fraction of sp³-hybridized carbons (Fsp3) is 0.750. The van der Waals surface area contributed by atoms with Gasteiger partial charge in [-0.25, -0.2) is 4.98 Å². The molecular formula is C12H18N2O. The summed E-state index contributed by atoms with van der Waals surface area (Å²) in [5.41, 5.74) is 0. The first-order valence-electron chi connectivity index (χ1n) is 6.12. The Labute approximate surface area is 90.3 Å². The van der Waals surface area contributed by atoms with E-state index < -0.39 is 0 Å². The summed E-state index contributed by atoms with van der Waals surface area (Å²) in [7, 11) is 0. The molecule has 2 fully saturated rings. The standard InChI is InChI=1S/C12H18N2O/c1-2-5-9(4-1)11-8-14-12(15-11)10-6-3-7-13-10/h8-10,13H,1-7H2. The van der Waals surface area contributed by atoms with Gasteiger partial charge in [0.15, 0.2) is 0 Å². The highest BCUT2D eigenvalue weighted by Crippen LogP contribution is 2.35. The molecule has 1 aromatic rings. The highest BCUT2D eigenvalue weighted by molar-refractivity contribution is 5.06. The number of oxazole rings is 1. The molecule has 0 radical (unpaired) electrons. The van der Waals surface area contributed by atoms with Crippen LogP contribution in [0.2, 0.25) is 0 Å². The summed E-state index contributed by atoms with van der Waals surface area (Å²) in [5, 5.41) is 3.42. The minimum absolute atomic E-state index is 0.375. The van der Waals surface area contributed by atoms with Crippen molar-refractivity contribution in [2.45, 2.75) is 50.5 Å². The van der Waals surface area contributed by atoms with Gasteiger partial charge in [0.25, 0.3) is 0 Å². The molecule has 1 unspecified atom stereocenters. The Kier molecular flexibility index (Phi) is 2.49. The second-order valence-electron chi connectivity index (χ2n) is 4.73. The van der Waals surface area contributed by atoms with Crippen molar-refractivity contribution in [1.82, 2.24) is 10.3 Å². The lowest BCUT2D eigenvalue weighted by molar-refractivity contribution is 0.385. The molecular weight excluding hydrogens is 188 g/mol. The monoisotopic (exact) mass is 206 g/mol. The predicted octanol–water partition coefficient (Wildman–Crippen LogP) is 2.76. The van der Waals surface area contributed by atoms with E-state index in [1.165, 1.54) is 38.5 Å². The average Bonchev–Trinajstić information content (AvgIpc) is 3.02. The number of rotatable bonds is 2. The van der Waals surface area contributed by atoms with Crippen molar-refractivity contribution in [3.63, 3.8) is 0 Å².